The highest BCUT2D eigenvalue weighted by Gasteiger charge is 2.22. The first kappa shape index (κ1) is 13.3. The zero-order valence-corrected chi connectivity index (χ0v) is 11.7. The second-order valence-electron chi connectivity index (χ2n) is 4.67. The molecular formula is C13H15N3O3S. The van der Waals surface area contributed by atoms with Crippen LogP contribution in [0.25, 0.3) is 10.2 Å². The third-order valence-corrected chi connectivity index (χ3v) is 4.20. The molecule has 106 valence electrons. The van der Waals surface area contributed by atoms with E-state index in [2.05, 4.69) is 10.3 Å². The molecule has 2 aromatic rings. The lowest BCUT2D eigenvalue weighted by atomic mass is 10.2. The molecule has 0 unspecified atom stereocenters. The van der Waals surface area contributed by atoms with Gasteiger partial charge < -0.3 is 10.1 Å². The highest BCUT2D eigenvalue weighted by Crippen LogP contribution is 2.13. The Morgan fingerprint density at radius 2 is 2.50 bits per heavy atom. The monoisotopic (exact) mass is 293 g/mol. The first-order valence-electron chi connectivity index (χ1n) is 6.57. The third kappa shape index (κ3) is 2.59. The van der Waals surface area contributed by atoms with Gasteiger partial charge in [0.1, 0.15) is 10.8 Å². The smallest absolute Gasteiger partial charge is 0.271 e. The summed E-state index contributed by atoms with van der Waals surface area (Å²) in [6, 6.07) is 1.82. The Hall–Kier alpha value is -1.73. The first-order chi connectivity index (χ1) is 9.75. The van der Waals surface area contributed by atoms with Crippen LogP contribution in [0.5, 0.6) is 0 Å². The minimum atomic E-state index is -0.329. The molecule has 1 aliphatic heterocycles. The van der Waals surface area contributed by atoms with Crippen LogP contribution in [0.2, 0.25) is 0 Å². The van der Waals surface area contributed by atoms with Gasteiger partial charge in [0, 0.05) is 19.7 Å². The molecule has 1 amide bonds. The average Bonchev–Trinajstić information content (AvgIpc) is 3.11. The van der Waals surface area contributed by atoms with E-state index in [4.69, 9.17) is 4.74 Å². The van der Waals surface area contributed by atoms with E-state index in [1.165, 1.54) is 22.2 Å². The van der Waals surface area contributed by atoms with E-state index in [9.17, 15) is 9.59 Å². The van der Waals surface area contributed by atoms with Gasteiger partial charge in [0.05, 0.1) is 11.8 Å². The maximum atomic E-state index is 12.1. The predicted molar refractivity (Wildman–Crippen MR) is 75.9 cm³/mol. The standard InChI is InChI=1S/C13H15N3O3S/c17-12(10-2-1-6-19-10)14-4-5-16-8-15-9-3-7-20-11(9)13(16)18/h3,7-8,10H,1-2,4-6H2,(H,14,17)/t10-/m1/s1. The molecule has 0 saturated carbocycles. The molecule has 3 heterocycles. The number of nitrogens with one attached hydrogen (secondary N) is 1. The minimum Gasteiger partial charge on any atom is -0.368 e. The van der Waals surface area contributed by atoms with Crippen molar-refractivity contribution in [2.75, 3.05) is 13.2 Å². The minimum absolute atomic E-state index is 0.0589. The fourth-order valence-electron chi connectivity index (χ4n) is 2.24. The van der Waals surface area contributed by atoms with Crippen molar-refractivity contribution in [3.05, 3.63) is 28.1 Å². The Kier molecular flexibility index (Phi) is 3.79. The van der Waals surface area contributed by atoms with Gasteiger partial charge in [0.15, 0.2) is 0 Å². The van der Waals surface area contributed by atoms with Crippen LogP contribution in [-0.2, 0) is 16.1 Å². The van der Waals surface area contributed by atoms with Crippen molar-refractivity contribution in [2.24, 2.45) is 0 Å². The number of fused-ring (bicyclic) bond motifs is 1. The summed E-state index contributed by atoms with van der Waals surface area (Å²) in [7, 11) is 0. The highest BCUT2D eigenvalue weighted by molar-refractivity contribution is 7.17. The molecule has 1 aliphatic rings. The molecule has 3 rings (SSSR count). The number of thiophene rings is 1. The molecule has 7 heteroatoms. The van der Waals surface area contributed by atoms with Crippen molar-refractivity contribution in [2.45, 2.75) is 25.5 Å². The van der Waals surface area contributed by atoms with Crippen LogP contribution in [0.3, 0.4) is 0 Å². The van der Waals surface area contributed by atoms with Crippen molar-refractivity contribution < 1.29 is 9.53 Å². The number of carbonyl (C=O) groups is 1. The Bertz CT molecular complexity index is 673. The predicted octanol–water partition coefficient (Wildman–Crippen LogP) is 0.753. The number of rotatable bonds is 4. The molecule has 6 nitrogen and oxygen atoms in total. The summed E-state index contributed by atoms with van der Waals surface area (Å²) in [6.45, 7) is 1.46. The summed E-state index contributed by atoms with van der Waals surface area (Å²) in [6.07, 6.45) is 2.89. The number of aromatic nitrogens is 2. The van der Waals surface area contributed by atoms with Crippen molar-refractivity contribution in [3.8, 4) is 0 Å². The maximum Gasteiger partial charge on any atom is 0.271 e. The molecule has 20 heavy (non-hydrogen) atoms. The van der Waals surface area contributed by atoms with Gasteiger partial charge in [0.25, 0.3) is 5.56 Å². The third-order valence-electron chi connectivity index (χ3n) is 3.31. The first-order valence-corrected chi connectivity index (χ1v) is 7.45. The summed E-state index contributed by atoms with van der Waals surface area (Å²) >= 11 is 1.39. The topological polar surface area (TPSA) is 73.2 Å². The fraction of sp³-hybridized carbons (Fsp3) is 0.462. The van der Waals surface area contributed by atoms with E-state index in [0.717, 1.165) is 18.4 Å². The quantitative estimate of drug-likeness (QED) is 0.903. The zero-order chi connectivity index (χ0) is 13.9. The van der Waals surface area contributed by atoms with E-state index < -0.39 is 0 Å². The number of carbonyl (C=O) groups excluding carboxylic acids is 1. The van der Waals surface area contributed by atoms with Gasteiger partial charge in [-0.05, 0) is 24.3 Å². The molecule has 1 fully saturated rings. The zero-order valence-electron chi connectivity index (χ0n) is 10.9. The van der Waals surface area contributed by atoms with E-state index in [1.54, 1.807) is 0 Å². The number of hydrogen-bond acceptors (Lipinski definition) is 5. The molecule has 0 bridgehead atoms. The largest absolute Gasteiger partial charge is 0.368 e. The lowest BCUT2D eigenvalue weighted by Crippen LogP contribution is -2.37. The Balaban J connectivity index is 1.61. The Labute approximate surface area is 119 Å². The molecule has 0 aromatic carbocycles. The van der Waals surface area contributed by atoms with Crippen LogP contribution in [0, 0.1) is 0 Å². The number of hydrogen-bond donors (Lipinski definition) is 1. The molecule has 1 N–H and O–H groups in total. The number of amides is 1. The van der Waals surface area contributed by atoms with E-state index in [-0.39, 0.29) is 17.6 Å². The summed E-state index contributed by atoms with van der Waals surface area (Å²) in [5, 5.41) is 4.64. The average molecular weight is 293 g/mol. The van der Waals surface area contributed by atoms with Crippen LogP contribution in [0.15, 0.2) is 22.6 Å². The van der Waals surface area contributed by atoms with Gasteiger partial charge >= 0.3 is 0 Å². The maximum absolute atomic E-state index is 12.1. The summed E-state index contributed by atoms with van der Waals surface area (Å²) in [5.41, 5.74) is 0.663. The van der Waals surface area contributed by atoms with Crippen molar-refractivity contribution in [1.82, 2.24) is 14.9 Å². The number of nitrogens with zero attached hydrogens (tertiary/aromatic N) is 2. The molecule has 0 aliphatic carbocycles. The van der Waals surface area contributed by atoms with Gasteiger partial charge in [-0.1, -0.05) is 0 Å². The fourth-order valence-corrected chi connectivity index (χ4v) is 3.03. The molecule has 2 aromatic heterocycles. The van der Waals surface area contributed by atoms with Crippen molar-refractivity contribution in [3.63, 3.8) is 0 Å². The van der Waals surface area contributed by atoms with Gasteiger partial charge in [-0.25, -0.2) is 4.98 Å². The Morgan fingerprint density at radius 1 is 1.60 bits per heavy atom. The van der Waals surface area contributed by atoms with Gasteiger partial charge in [-0.2, -0.15) is 0 Å². The van der Waals surface area contributed by atoms with Crippen LogP contribution in [0.4, 0.5) is 0 Å². The second kappa shape index (κ2) is 5.72. The van der Waals surface area contributed by atoms with Crippen LogP contribution < -0.4 is 10.9 Å². The molecule has 0 spiro atoms. The van der Waals surface area contributed by atoms with Crippen LogP contribution >= 0.6 is 11.3 Å². The molecule has 1 saturated heterocycles. The summed E-state index contributed by atoms with van der Waals surface area (Å²) in [4.78, 5) is 28.1. The van der Waals surface area contributed by atoms with Crippen LogP contribution in [-0.4, -0.2) is 34.7 Å². The molecular weight excluding hydrogens is 278 g/mol. The summed E-state index contributed by atoms with van der Waals surface area (Å²) < 4.78 is 7.47. The Morgan fingerprint density at radius 3 is 3.30 bits per heavy atom. The molecule has 1 atom stereocenters. The SMILES string of the molecule is O=C(NCCn1cnc2ccsc2c1=O)[C@H]1CCCO1. The van der Waals surface area contributed by atoms with E-state index in [0.29, 0.717) is 24.4 Å². The lowest BCUT2D eigenvalue weighted by molar-refractivity contribution is -0.130. The van der Waals surface area contributed by atoms with Crippen molar-refractivity contribution in [1.29, 1.82) is 0 Å². The second-order valence-corrected chi connectivity index (χ2v) is 5.59. The van der Waals surface area contributed by atoms with Gasteiger partial charge in [-0.15, -0.1) is 11.3 Å². The van der Waals surface area contributed by atoms with Gasteiger partial charge in [-0.3, -0.25) is 14.2 Å². The number of ether oxygens (including phenoxy) is 1. The lowest BCUT2D eigenvalue weighted by Gasteiger charge is -2.11. The van der Waals surface area contributed by atoms with Gasteiger partial charge in [0.2, 0.25) is 5.91 Å². The summed E-state index contributed by atoms with van der Waals surface area (Å²) in [5.74, 6) is -0.0966. The highest BCUT2D eigenvalue weighted by atomic mass is 32.1. The van der Waals surface area contributed by atoms with E-state index >= 15 is 0 Å². The van der Waals surface area contributed by atoms with Crippen LogP contribution in [0.1, 0.15) is 12.8 Å². The molecule has 0 radical (unpaired) electrons. The normalized spacial score (nSPS) is 18.5. The van der Waals surface area contributed by atoms with Crippen molar-refractivity contribution >= 4 is 27.5 Å². The van der Waals surface area contributed by atoms with E-state index in [1.807, 2.05) is 11.4 Å².